The zero-order valence-electron chi connectivity index (χ0n) is 18.3. The quantitative estimate of drug-likeness (QED) is 0.483. The number of benzene rings is 2. The zero-order chi connectivity index (χ0) is 24.3. The standard InChI is InChI=1S/C22H23F2N3O5S/c1-12(2)15-7-5-6-8-19(15)32-22-26-18(11-31-22)21(28)25-13(3)14-9-16(23)20(17(24)10-14)27-33(4,29)30/h5-13,27H,1-4H3,(H,25,28)/t13-/m1/s1. The Morgan fingerprint density at radius 1 is 1.12 bits per heavy atom. The van der Waals surface area contributed by atoms with Crippen LogP contribution in [0, 0.1) is 11.6 Å². The fourth-order valence-electron chi connectivity index (χ4n) is 3.03. The van der Waals surface area contributed by atoms with Crippen LogP contribution in [0.3, 0.4) is 0 Å². The molecule has 0 radical (unpaired) electrons. The van der Waals surface area contributed by atoms with Gasteiger partial charge in [-0.15, -0.1) is 0 Å². The highest BCUT2D eigenvalue weighted by Crippen LogP contribution is 2.30. The van der Waals surface area contributed by atoms with Crippen LogP contribution in [0.25, 0.3) is 0 Å². The van der Waals surface area contributed by atoms with E-state index in [0.717, 1.165) is 30.2 Å². The average molecular weight is 480 g/mol. The summed E-state index contributed by atoms with van der Waals surface area (Å²) in [6, 6.07) is 8.39. The van der Waals surface area contributed by atoms with E-state index in [0.29, 0.717) is 5.75 Å². The lowest BCUT2D eigenvalue weighted by molar-refractivity contribution is 0.0934. The summed E-state index contributed by atoms with van der Waals surface area (Å²) in [5.74, 6) is -2.14. The summed E-state index contributed by atoms with van der Waals surface area (Å²) in [5, 5.41) is 2.55. The number of nitrogens with zero attached hydrogens (tertiary/aromatic N) is 1. The molecular formula is C22H23F2N3O5S. The number of carbonyl (C=O) groups is 1. The van der Waals surface area contributed by atoms with Gasteiger partial charge in [-0.05, 0) is 42.2 Å². The molecular weight excluding hydrogens is 456 g/mol. The van der Waals surface area contributed by atoms with E-state index < -0.39 is 39.3 Å². The maximum absolute atomic E-state index is 14.2. The van der Waals surface area contributed by atoms with Crippen molar-refractivity contribution in [2.45, 2.75) is 32.7 Å². The number of halogens is 2. The van der Waals surface area contributed by atoms with Crippen LogP contribution in [0.5, 0.6) is 11.8 Å². The van der Waals surface area contributed by atoms with Crippen molar-refractivity contribution in [1.82, 2.24) is 10.3 Å². The predicted octanol–water partition coefficient (Wildman–Crippen LogP) is 4.73. The molecule has 0 unspecified atom stereocenters. The molecule has 1 aromatic heterocycles. The Balaban J connectivity index is 1.72. The topological polar surface area (TPSA) is 111 Å². The molecule has 11 heteroatoms. The first-order valence-electron chi connectivity index (χ1n) is 9.94. The summed E-state index contributed by atoms with van der Waals surface area (Å²) in [6.07, 6.45) is 1.75. The highest BCUT2D eigenvalue weighted by Gasteiger charge is 2.21. The molecule has 3 aromatic rings. The third-order valence-electron chi connectivity index (χ3n) is 4.65. The smallest absolute Gasteiger partial charge is 0.399 e. The normalized spacial score (nSPS) is 12.5. The number of nitrogens with one attached hydrogen (secondary N) is 2. The summed E-state index contributed by atoms with van der Waals surface area (Å²) in [7, 11) is -3.87. The van der Waals surface area contributed by atoms with Gasteiger partial charge in [-0.2, -0.15) is 4.98 Å². The van der Waals surface area contributed by atoms with Crippen LogP contribution < -0.4 is 14.8 Å². The van der Waals surface area contributed by atoms with Crippen LogP contribution in [-0.2, 0) is 10.0 Å². The number of para-hydroxylation sites is 1. The monoisotopic (exact) mass is 479 g/mol. The summed E-state index contributed by atoms with van der Waals surface area (Å²) in [6.45, 7) is 5.52. The lowest BCUT2D eigenvalue weighted by Gasteiger charge is -2.15. The molecule has 0 aliphatic carbocycles. The van der Waals surface area contributed by atoms with Gasteiger partial charge in [-0.1, -0.05) is 32.0 Å². The Kier molecular flexibility index (Phi) is 7.01. The summed E-state index contributed by atoms with van der Waals surface area (Å²) < 4.78 is 63.7. The van der Waals surface area contributed by atoms with E-state index in [1.807, 2.05) is 26.0 Å². The Morgan fingerprint density at radius 2 is 1.76 bits per heavy atom. The number of amides is 1. The average Bonchev–Trinajstić information content (AvgIpc) is 3.18. The highest BCUT2D eigenvalue weighted by molar-refractivity contribution is 7.92. The number of hydrogen-bond donors (Lipinski definition) is 2. The number of rotatable bonds is 8. The SMILES string of the molecule is CC(C)c1ccccc1Oc1nc(C(=O)N[C@H](C)c2cc(F)c(NS(C)(=O)=O)c(F)c2)co1. The number of ether oxygens (including phenoxy) is 1. The van der Waals surface area contributed by atoms with E-state index >= 15 is 0 Å². The first-order chi connectivity index (χ1) is 15.4. The molecule has 33 heavy (non-hydrogen) atoms. The number of carbonyl (C=O) groups excluding carboxylic acids is 1. The molecule has 0 bridgehead atoms. The molecule has 2 aromatic carbocycles. The van der Waals surface area contributed by atoms with E-state index in [2.05, 4.69) is 10.3 Å². The van der Waals surface area contributed by atoms with Gasteiger partial charge in [0.05, 0.1) is 12.3 Å². The first kappa shape index (κ1) is 24.2. The van der Waals surface area contributed by atoms with Gasteiger partial charge in [0.2, 0.25) is 10.0 Å². The van der Waals surface area contributed by atoms with Gasteiger partial charge >= 0.3 is 6.08 Å². The number of oxazole rings is 1. The van der Waals surface area contributed by atoms with Crippen LogP contribution in [0.2, 0.25) is 0 Å². The van der Waals surface area contributed by atoms with E-state index in [-0.39, 0.29) is 23.3 Å². The summed E-state index contributed by atoms with van der Waals surface area (Å²) in [4.78, 5) is 16.5. The van der Waals surface area contributed by atoms with Gasteiger partial charge in [0.1, 0.15) is 17.7 Å². The Bertz CT molecular complexity index is 1250. The van der Waals surface area contributed by atoms with Crippen LogP contribution in [0.1, 0.15) is 54.3 Å². The van der Waals surface area contributed by atoms with Crippen LogP contribution in [0.4, 0.5) is 14.5 Å². The molecule has 0 saturated carbocycles. The van der Waals surface area contributed by atoms with Gasteiger partial charge in [0.15, 0.2) is 17.3 Å². The molecule has 0 aliphatic heterocycles. The van der Waals surface area contributed by atoms with Gasteiger partial charge in [-0.3, -0.25) is 9.52 Å². The Labute approximate surface area is 190 Å². The van der Waals surface area contributed by atoms with E-state index in [1.54, 1.807) is 16.9 Å². The number of aromatic nitrogens is 1. The van der Waals surface area contributed by atoms with Crippen molar-refractivity contribution in [3.8, 4) is 11.8 Å². The molecule has 1 heterocycles. The third-order valence-corrected chi connectivity index (χ3v) is 5.23. The Hall–Kier alpha value is -3.47. The van der Waals surface area contributed by atoms with Crippen molar-refractivity contribution < 1.29 is 31.1 Å². The minimum absolute atomic E-state index is 0.0863. The fraction of sp³-hybridized carbons (Fsp3) is 0.273. The van der Waals surface area contributed by atoms with Crippen molar-refractivity contribution >= 4 is 21.6 Å². The van der Waals surface area contributed by atoms with Gasteiger partial charge < -0.3 is 14.5 Å². The lowest BCUT2D eigenvalue weighted by Crippen LogP contribution is -2.27. The van der Waals surface area contributed by atoms with Crippen molar-refractivity contribution in [1.29, 1.82) is 0 Å². The van der Waals surface area contributed by atoms with Gasteiger partial charge in [-0.25, -0.2) is 17.2 Å². The zero-order valence-corrected chi connectivity index (χ0v) is 19.2. The number of sulfonamides is 1. The maximum atomic E-state index is 14.2. The molecule has 1 amide bonds. The fourth-order valence-corrected chi connectivity index (χ4v) is 3.60. The molecule has 3 rings (SSSR count). The molecule has 0 aliphatic rings. The van der Waals surface area contributed by atoms with Crippen molar-refractivity contribution in [3.63, 3.8) is 0 Å². The third kappa shape index (κ3) is 6.07. The van der Waals surface area contributed by atoms with E-state index in [1.165, 1.54) is 6.92 Å². The Morgan fingerprint density at radius 3 is 2.36 bits per heavy atom. The van der Waals surface area contributed by atoms with Gasteiger partial charge in [0.25, 0.3) is 5.91 Å². The van der Waals surface area contributed by atoms with Crippen molar-refractivity contribution in [2.75, 3.05) is 11.0 Å². The molecule has 0 spiro atoms. The predicted molar refractivity (Wildman–Crippen MR) is 118 cm³/mol. The molecule has 8 nitrogen and oxygen atoms in total. The van der Waals surface area contributed by atoms with Crippen molar-refractivity contribution in [2.24, 2.45) is 0 Å². The number of hydrogen-bond acceptors (Lipinski definition) is 6. The lowest BCUT2D eigenvalue weighted by atomic mass is 10.0. The summed E-state index contributed by atoms with van der Waals surface area (Å²) in [5.41, 5.74) is 0.145. The first-order valence-corrected chi connectivity index (χ1v) is 11.8. The van der Waals surface area contributed by atoms with Gasteiger partial charge in [0, 0.05) is 0 Å². The summed E-state index contributed by atoms with van der Waals surface area (Å²) >= 11 is 0. The molecule has 1 atom stereocenters. The van der Waals surface area contributed by atoms with Crippen LogP contribution >= 0.6 is 0 Å². The molecule has 176 valence electrons. The molecule has 0 fully saturated rings. The van der Waals surface area contributed by atoms with E-state index in [9.17, 15) is 22.0 Å². The second-order valence-corrected chi connectivity index (χ2v) is 9.47. The second kappa shape index (κ2) is 9.57. The largest absolute Gasteiger partial charge is 0.416 e. The van der Waals surface area contributed by atoms with Crippen LogP contribution in [-0.4, -0.2) is 25.6 Å². The van der Waals surface area contributed by atoms with Crippen LogP contribution in [0.15, 0.2) is 47.1 Å². The molecule has 2 N–H and O–H groups in total. The van der Waals surface area contributed by atoms with E-state index in [4.69, 9.17) is 9.15 Å². The number of anilines is 1. The maximum Gasteiger partial charge on any atom is 0.399 e. The second-order valence-electron chi connectivity index (χ2n) is 7.72. The minimum atomic E-state index is -3.87. The highest BCUT2D eigenvalue weighted by atomic mass is 32.2. The van der Waals surface area contributed by atoms with Crippen molar-refractivity contribution in [3.05, 3.63) is 71.1 Å². The molecule has 0 saturated heterocycles. The minimum Gasteiger partial charge on any atom is -0.416 e.